The fourth-order valence-corrected chi connectivity index (χ4v) is 4.84. The molecule has 1 aliphatic heterocycles. The Morgan fingerprint density at radius 3 is 2.86 bits per heavy atom. The van der Waals surface area contributed by atoms with E-state index in [1.54, 1.807) is 35.7 Å². The van der Waals surface area contributed by atoms with Gasteiger partial charge in [-0.3, -0.25) is 19.5 Å². The van der Waals surface area contributed by atoms with Crippen LogP contribution < -0.4 is 15.4 Å². The Bertz CT molecular complexity index is 1410. The van der Waals surface area contributed by atoms with Gasteiger partial charge in [-0.05, 0) is 25.1 Å². The number of alkyl halides is 1. The Morgan fingerprint density at radius 1 is 1.26 bits per heavy atom. The Hall–Kier alpha value is -3.90. The normalized spacial score (nSPS) is 14.0. The molecule has 5 rings (SSSR count). The number of likely N-dealkylation sites (tertiary alicyclic amines) is 1. The molecule has 180 valence electrons. The Kier molecular flexibility index (Phi) is 6.14. The molecule has 1 fully saturated rings. The van der Waals surface area contributed by atoms with Gasteiger partial charge in [-0.25, -0.2) is 13.9 Å². The lowest BCUT2D eigenvalue weighted by Crippen LogP contribution is -2.51. The van der Waals surface area contributed by atoms with Crippen LogP contribution in [0.5, 0.6) is 5.88 Å². The van der Waals surface area contributed by atoms with Gasteiger partial charge in [0.15, 0.2) is 0 Å². The van der Waals surface area contributed by atoms with Crippen molar-refractivity contribution in [1.29, 1.82) is 0 Å². The summed E-state index contributed by atoms with van der Waals surface area (Å²) in [4.78, 5) is 37.1. The lowest BCUT2D eigenvalue weighted by atomic mass is 10.2. The van der Waals surface area contributed by atoms with Crippen LogP contribution in [0.1, 0.15) is 16.1 Å². The van der Waals surface area contributed by atoms with Crippen molar-refractivity contribution in [1.82, 2.24) is 24.5 Å². The number of amides is 2. The maximum Gasteiger partial charge on any atom is 0.260 e. The number of rotatable bonds is 7. The van der Waals surface area contributed by atoms with Crippen molar-refractivity contribution < 1.29 is 18.7 Å². The molecule has 1 aliphatic rings. The number of carbonyl (C=O) groups is 2. The van der Waals surface area contributed by atoms with Crippen molar-refractivity contribution in [3.05, 3.63) is 54.2 Å². The van der Waals surface area contributed by atoms with E-state index in [1.165, 1.54) is 23.7 Å². The molecule has 12 heteroatoms. The molecule has 10 nitrogen and oxygen atoms in total. The first-order valence-corrected chi connectivity index (χ1v) is 11.6. The summed E-state index contributed by atoms with van der Waals surface area (Å²) in [5.74, 6) is -0.133. The maximum absolute atomic E-state index is 13.1. The Balaban J connectivity index is 1.33. The number of hydrogen-bond acceptors (Lipinski definition) is 8. The van der Waals surface area contributed by atoms with Crippen LogP contribution in [0, 0.1) is 6.92 Å². The smallest absolute Gasteiger partial charge is 0.260 e. The van der Waals surface area contributed by atoms with Gasteiger partial charge >= 0.3 is 0 Å². The van der Waals surface area contributed by atoms with Crippen molar-refractivity contribution in [2.45, 2.75) is 13.1 Å². The van der Waals surface area contributed by atoms with Crippen LogP contribution in [-0.2, 0) is 4.79 Å². The molecule has 4 aromatic heterocycles. The van der Waals surface area contributed by atoms with Crippen LogP contribution in [0.4, 0.5) is 15.8 Å². The van der Waals surface area contributed by atoms with Gasteiger partial charge < -0.3 is 15.4 Å². The number of carbonyl (C=O) groups excluding carboxylic acids is 2. The molecule has 35 heavy (non-hydrogen) atoms. The summed E-state index contributed by atoms with van der Waals surface area (Å²) < 4.78 is 19.9. The molecular formula is C23H22FN7O3S. The van der Waals surface area contributed by atoms with Crippen molar-refractivity contribution in [3.8, 4) is 16.3 Å². The number of halogens is 1. The van der Waals surface area contributed by atoms with Crippen LogP contribution in [0.15, 0.2) is 43.0 Å². The fraction of sp³-hybridized carbons (Fsp3) is 0.261. The molecule has 0 bridgehead atoms. The summed E-state index contributed by atoms with van der Waals surface area (Å²) in [5.41, 5.74) is 2.70. The van der Waals surface area contributed by atoms with Gasteiger partial charge in [0.05, 0.1) is 59.1 Å². The number of thiazole rings is 1. The summed E-state index contributed by atoms with van der Waals surface area (Å²) in [7, 11) is 1.56. The number of hydrogen-bond donors (Lipinski definition) is 2. The van der Waals surface area contributed by atoms with Crippen LogP contribution >= 0.6 is 11.3 Å². The molecular weight excluding hydrogens is 473 g/mol. The maximum atomic E-state index is 13.1. The fourth-order valence-electron chi connectivity index (χ4n) is 3.76. The first-order chi connectivity index (χ1) is 16.9. The highest BCUT2D eigenvalue weighted by Gasteiger charge is 2.27. The van der Waals surface area contributed by atoms with Gasteiger partial charge in [0, 0.05) is 25.5 Å². The number of aryl methyl sites for hydroxylation is 1. The van der Waals surface area contributed by atoms with Crippen molar-refractivity contribution in [2.75, 3.05) is 37.4 Å². The summed E-state index contributed by atoms with van der Waals surface area (Å²) in [6, 6.07) is 5.35. The third-order valence-electron chi connectivity index (χ3n) is 5.57. The van der Waals surface area contributed by atoms with Crippen LogP contribution in [0.2, 0.25) is 0 Å². The van der Waals surface area contributed by atoms with E-state index in [4.69, 9.17) is 4.74 Å². The van der Waals surface area contributed by atoms with Gasteiger partial charge in [-0.15, -0.1) is 11.3 Å². The van der Waals surface area contributed by atoms with Crippen molar-refractivity contribution in [2.24, 2.45) is 0 Å². The van der Waals surface area contributed by atoms with Crippen LogP contribution in [0.3, 0.4) is 0 Å². The van der Waals surface area contributed by atoms with E-state index in [9.17, 15) is 14.0 Å². The van der Waals surface area contributed by atoms with E-state index >= 15 is 0 Å². The molecule has 0 unspecified atom stereocenters. The Labute approximate surface area is 203 Å². The number of ether oxygens (including phenoxy) is 1. The molecule has 2 N–H and O–H groups in total. The first kappa shape index (κ1) is 22.9. The third-order valence-corrected chi connectivity index (χ3v) is 6.71. The average Bonchev–Trinajstić information content (AvgIpc) is 3.41. The monoisotopic (exact) mass is 495 g/mol. The second kappa shape index (κ2) is 9.39. The molecule has 1 saturated heterocycles. The summed E-state index contributed by atoms with van der Waals surface area (Å²) >= 11 is 1.40. The number of anilines is 2. The molecule has 4 aromatic rings. The minimum atomic E-state index is -0.869. The van der Waals surface area contributed by atoms with Gasteiger partial charge in [0.25, 0.3) is 5.91 Å². The number of aromatic nitrogens is 4. The van der Waals surface area contributed by atoms with Gasteiger partial charge in [-0.1, -0.05) is 0 Å². The number of nitrogens with zero attached hydrogens (tertiary/aromatic N) is 5. The summed E-state index contributed by atoms with van der Waals surface area (Å²) in [6.07, 6.45) is 5.62. The second-order valence-corrected chi connectivity index (χ2v) is 9.14. The second-order valence-electron chi connectivity index (χ2n) is 8.11. The van der Waals surface area contributed by atoms with Crippen molar-refractivity contribution in [3.63, 3.8) is 0 Å². The quantitative estimate of drug-likeness (QED) is 0.405. The highest BCUT2D eigenvalue weighted by atomic mass is 32.1. The Morgan fingerprint density at radius 2 is 2.09 bits per heavy atom. The van der Waals surface area contributed by atoms with E-state index in [1.807, 2.05) is 18.3 Å². The van der Waals surface area contributed by atoms with Crippen molar-refractivity contribution >= 4 is 39.4 Å². The zero-order valence-corrected chi connectivity index (χ0v) is 19.8. The zero-order chi connectivity index (χ0) is 24.5. The van der Waals surface area contributed by atoms with E-state index in [0.29, 0.717) is 33.3 Å². The number of methoxy groups -OCH3 is 1. The van der Waals surface area contributed by atoms with Gasteiger partial charge in [0.2, 0.25) is 11.8 Å². The lowest BCUT2D eigenvalue weighted by Gasteiger charge is -2.33. The van der Waals surface area contributed by atoms with Crippen LogP contribution in [-0.4, -0.2) is 69.2 Å². The number of fused-ring (bicyclic) bond motifs is 1. The molecule has 0 spiro atoms. The molecule has 0 aliphatic carbocycles. The van der Waals surface area contributed by atoms with E-state index in [0.717, 1.165) is 10.4 Å². The minimum absolute atomic E-state index is 0.104. The zero-order valence-electron chi connectivity index (χ0n) is 19.0. The van der Waals surface area contributed by atoms with Gasteiger partial charge in [0.1, 0.15) is 11.0 Å². The molecule has 0 saturated carbocycles. The van der Waals surface area contributed by atoms with E-state index < -0.39 is 6.17 Å². The molecule has 2 amide bonds. The molecule has 0 atom stereocenters. The minimum Gasteiger partial charge on any atom is -0.481 e. The number of nitrogens with one attached hydrogen (secondary N) is 2. The lowest BCUT2D eigenvalue weighted by molar-refractivity contribution is -0.119. The summed E-state index contributed by atoms with van der Waals surface area (Å²) in [5, 5.41) is 9.92. The molecule has 0 aromatic carbocycles. The van der Waals surface area contributed by atoms with Crippen LogP contribution in [0.25, 0.3) is 15.3 Å². The largest absolute Gasteiger partial charge is 0.481 e. The number of pyridine rings is 2. The summed E-state index contributed by atoms with van der Waals surface area (Å²) in [6.45, 7) is 2.39. The predicted octanol–water partition coefficient (Wildman–Crippen LogP) is 3.01. The third kappa shape index (κ3) is 4.70. The first-order valence-electron chi connectivity index (χ1n) is 10.8. The highest BCUT2D eigenvalue weighted by molar-refractivity contribution is 7.21. The SMILES string of the molecule is COc1ncccc1-c1cn2ncc(C(=O)Nc3cc(NC(=O)CN4CC(F)C4)cnc3C)c2s1. The molecule has 0 radical (unpaired) electrons. The molecule has 5 heterocycles. The van der Waals surface area contributed by atoms with E-state index in [-0.39, 0.29) is 31.4 Å². The van der Waals surface area contributed by atoms with E-state index in [2.05, 4.69) is 25.7 Å². The average molecular weight is 496 g/mol. The topological polar surface area (TPSA) is 114 Å². The standard InChI is InChI=1S/C23H22FN7O3S/c1-13-18(6-15(7-26-13)28-20(32)12-30-9-14(24)10-30)29-21(33)17-8-27-31-11-19(35-23(17)31)16-4-3-5-25-22(16)34-2/h3-8,11,14H,9-10,12H2,1-2H3,(H,28,32)(H,29,33). The van der Waals surface area contributed by atoms with Gasteiger partial charge in [-0.2, -0.15) is 5.10 Å². The highest BCUT2D eigenvalue weighted by Crippen LogP contribution is 2.35. The predicted molar refractivity (Wildman–Crippen MR) is 130 cm³/mol.